The second-order valence-electron chi connectivity index (χ2n) is 3.11. The van der Waals surface area contributed by atoms with Crippen molar-refractivity contribution in [1.29, 1.82) is 0 Å². The van der Waals surface area contributed by atoms with E-state index in [1.54, 1.807) is 0 Å². The first-order valence-corrected chi connectivity index (χ1v) is 3.94. The molecule has 0 saturated carbocycles. The largest absolute Gasteiger partial charge is 0.300 e. The summed E-state index contributed by atoms with van der Waals surface area (Å²) in [6.07, 6.45) is 1.09. The van der Waals surface area contributed by atoms with Gasteiger partial charge in [-0.05, 0) is 27.3 Å². The summed E-state index contributed by atoms with van der Waals surface area (Å²) in [5.74, 6) is 0. The minimum Gasteiger partial charge on any atom is -0.300 e. The number of nitrogens with zero attached hydrogens (tertiary/aromatic N) is 1. The van der Waals surface area contributed by atoms with Crippen LogP contribution in [0.2, 0.25) is 0 Å². The third-order valence-electron chi connectivity index (χ3n) is 1.85. The lowest BCUT2D eigenvalue weighted by atomic mass is 10.2. The summed E-state index contributed by atoms with van der Waals surface area (Å²) < 4.78 is 0. The first-order chi connectivity index (χ1) is 4.57. The Morgan fingerprint density at radius 1 is 1.50 bits per heavy atom. The van der Waals surface area contributed by atoms with Gasteiger partial charge in [0.25, 0.3) is 0 Å². The lowest BCUT2D eigenvalue weighted by molar-refractivity contribution is 0.295. The molecule has 0 aliphatic carbocycles. The third-order valence-corrected chi connectivity index (χ3v) is 1.85. The molecule has 0 atom stereocenters. The van der Waals surface area contributed by atoms with Crippen molar-refractivity contribution in [2.75, 3.05) is 13.6 Å². The molecule has 0 aliphatic rings. The van der Waals surface area contributed by atoms with E-state index in [0.717, 1.165) is 13.0 Å². The van der Waals surface area contributed by atoms with Gasteiger partial charge in [-0.3, -0.25) is 0 Å². The Labute approximate surface area is 64.7 Å². The summed E-state index contributed by atoms with van der Waals surface area (Å²) in [4.78, 5) is 2.30. The second kappa shape index (κ2) is 4.51. The maximum atomic E-state index is 3.95. The molecule has 0 aliphatic heterocycles. The fraction of sp³-hybridized carbons (Fsp3) is 0.778. The fourth-order valence-corrected chi connectivity index (χ4v) is 0.647. The van der Waals surface area contributed by atoms with Gasteiger partial charge >= 0.3 is 0 Å². The zero-order chi connectivity index (χ0) is 8.15. The van der Waals surface area contributed by atoms with E-state index in [1.165, 1.54) is 5.57 Å². The molecule has 0 aromatic heterocycles. The molecular formula is C9H19N. The normalized spacial score (nSPS) is 11.0. The molecule has 0 fully saturated rings. The first kappa shape index (κ1) is 9.70. The van der Waals surface area contributed by atoms with Gasteiger partial charge in [0, 0.05) is 12.6 Å². The summed E-state index contributed by atoms with van der Waals surface area (Å²) in [5, 5.41) is 0. The van der Waals surface area contributed by atoms with Gasteiger partial charge in [0.05, 0.1) is 0 Å². The Bertz CT molecular complexity index is 105. The van der Waals surface area contributed by atoms with Crippen LogP contribution >= 0.6 is 0 Å². The molecule has 0 N–H and O–H groups in total. The van der Waals surface area contributed by atoms with Crippen LogP contribution in [-0.2, 0) is 0 Å². The maximum Gasteiger partial charge on any atom is 0.0189 e. The highest BCUT2D eigenvalue weighted by Gasteiger charge is 2.02. The van der Waals surface area contributed by atoms with Gasteiger partial charge in [-0.15, -0.1) is 0 Å². The van der Waals surface area contributed by atoms with E-state index in [9.17, 15) is 0 Å². The lowest BCUT2D eigenvalue weighted by Crippen LogP contribution is -2.27. The monoisotopic (exact) mass is 141 g/mol. The number of rotatable bonds is 4. The summed E-state index contributed by atoms with van der Waals surface area (Å²) in [7, 11) is 2.13. The lowest BCUT2D eigenvalue weighted by Gasteiger charge is -2.21. The van der Waals surface area contributed by atoms with E-state index in [-0.39, 0.29) is 0 Å². The Morgan fingerprint density at radius 2 is 2.00 bits per heavy atom. The SMILES string of the molecule is C=C(CC)CN(C)C(C)C. The molecule has 60 valence electrons. The highest BCUT2D eigenvalue weighted by Crippen LogP contribution is 2.01. The smallest absolute Gasteiger partial charge is 0.0189 e. The van der Waals surface area contributed by atoms with E-state index in [2.05, 4.69) is 39.3 Å². The second-order valence-corrected chi connectivity index (χ2v) is 3.11. The van der Waals surface area contributed by atoms with Crippen LogP contribution in [0.1, 0.15) is 27.2 Å². The van der Waals surface area contributed by atoms with Crippen molar-refractivity contribution in [3.05, 3.63) is 12.2 Å². The molecular weight excluding hydrogens is 122 g/mol. The number of hydrogen-bond donors (Lipinski definition) is 0. The quantitative estimate of drug-likeness (QED) is 0.543. The van der Waals surface area contributed by atoms with Gasteiger partial charge in [-0.1, -0.05) is 19.1 Å². The molecule has 0 amide bonds. The van der Waals surface area contributed by atoms with Crippen molar-refractivity contribution in [2.24, 2.45) is 0 Å². The van der Waals surface area contributed by atoms with Crippen LogP contribution in [0.15, 0.2) is 12.2 Å². The number of likely N-dealkylation sites (N-methyl/N-ethyl adjacent to an activating group) is 1. The van der Waals surface area contributed by atoms with Crippen molar-refractivity contribution in [2.45, 2.75) is 33.2 Å². The highest BCUT2D eigenvalue weighted by molar-refractivity contribution is 4.95. The van der Waals surface area contributed by atoms with Crippen LogP contribution < -0.4 is 0 Å². The average Bonchev–Trinajstić information content (AvgIpc) is 1.87. The highest BCUT2D eigenvalue weighted by atomic mass is 15.1. The van der Waals surface area contributed by atoms with Crippen molar-refractivity contribution in [3.63, 3.8) is 0 Å². The molecule has 0 bridgehead atoms. The molecule has 1 nitrogen and oxygen atoms in total. The van der Waals surface area contributed by atoms with Crippen molar-refractivity contribution in [3.8, 4) is 0 Å². The van der Waals surface area contributed by atoms with Crippen molar-refractivity contribution in [1.82, 2.24) is 4.90 Å². The molecule has 1 heteroatoms. The molecule has 0 spiro atoms. The summed E-state index contributed by atoms with van der Waals surface area (Å²) in [6, 6.07) is 0.628. The van der Waals surface area contributed by atoms with Crippen molar-refractivity contribution >= 4 is 0 Å². The standard InChI is InChI=1S/C9H19N/c1-6-9(4)7-10(5)8(2)3/h8H,4,6-7H2,1-3,5H3. The predicted molar refractivity (Wildman–Crippen MR) is 47.2 cm³/mol. The number of hydrogen-bond acceptors (Lipinski definition) is 1. The van der Waals surface area contributed by atoms with Crippen LogP contribution in [0.25, 0.3) is 0 Å². The average molecular weight is 141 g/mol. The molecule has 0 saturated heterocycles. The maximum absolute atomic E-state index is 3.95. The molecule has 0 rings (SSSR count). The van der Waals surface area contributed by atoms with Crippen LogP contribution in [0, 0.1) is 0 Å². The fourth-order valence-electron chi connectivity index (χ4n) is 0.647. The zero-order valence-electron chi connectivity index (χ0n) is 7.65. The Morgan fingerprint density at radius 3 is 2.30 bits per heavy atom. The molecule has 0 aromatic carbocycles. The molecule has 0 aromatic rings. The molecule has 10 heavy (non-hydrogen) atoms. The van der Waals surface area contributed by atoms with Crippen LogP contribution in [-0.4, -0.2) is 24.5 Å². The predicted octanol–water partition coefficient (Wildman–Crippen LogP) is 2.29. The van der Waals surface area contributed by atoms with E-state index < -0.39 is 0 Å². The summed E-state index contributed by atoms with van der Waals surface area (Å²) in [5.41, 5.74) is 1.32. The van der Waals surface area contributed by atoms with Gasteiger partial charge in [0.15, 0.2) is 0 Å². The van der Waals surface area contributed by atoms with Crippen molar-refractivity contribution < 1.29 is 0 Å². The minimum atomic E-state index is 0.628. The van der Waals surface area contributed by atoms with Crippen LogP contribution in [0.4, 0.5) is 0 Å². The zero-order valence-corrected chi connectivity index (χ0v) is 7.65. The van der Waals surface area contributed by atoms with E-state index in [0.29, 0.717) is 6.04 Å². The first-order valence-electron chi connectivity index (χ1n) is 3.94. The van der Waals surface area contributed by atoms with E-state index in [4.69, 9.17) is 0 Å². The molecule has 0 unspecified atom stereocenters. The van der Waals surface area contributed by atoms with Crippen LogP contribution in [0.3, 0.4) is 0 Å². The Kier molecular flexibility index (Phi) is 4.37. The Balaban J connectivity index is 3.57. The van der Waals surface area contributed by atoms with Crippen LogP contribution in [0.5, 0.6) is 0 Å². The Hall–Kier alpha value is -0.300. The van der Waals surface area contributed by atoms with Gasteiger partial charge in [0.1, 0.15) is 0 Å². The van der Waals surface area contributed by atoms with E-state index in [1.807, 2.05) is 0 Å². The van der Waals surface area contributed by atoms with Gasteiger partial charge in [-0.25, -0.2) is 0 Å². The minimum absolute atomic E-state index is 0.628. The molecule has 0 heterocycles. The third kappa shape index (κ3) is 3.67. The summed E-state index contributed by atoms with van der Waals surface area (Å²) in [6.45, 7) is 11.5. The van der Waals surface area contributed by atoms with E-state index >= 15 is 0 Å². The molecule has 0 radical (unpaired) electrons. The van der Waals surface area contributed by atoms with Gasteiger partial charge in [0.2, 0.25) is 0 Å². The summed E-state index contributed by atoms with van der Waals surface area (Å²) >= 11 is 0. The topological polar surface area (TPSA) is 3.24 Å². The van der Waals surface area contributed by atoms with Gasteiger partial charge in [-0.2, -0.15) is 0 Å². The van der Waals surface area contributed by atoms with Gasteiger partial charge < -0.3 is 4.90 Å².